The lowest BCUT2D eigenvalue weighted by Gasteiger charge is -2.37. The Bertz CT molecular complexity index is 1350. The summed E-state index contributed by atoms with van der Waals surface area (Å²) in [6.45, 7) is 2.21. The first-order valence-corrected chi connectivity index (χ1v) is 13.9. The third kappa shape index (κ3) is 4.89. The van der Waals surface area contributed by atoms with Crippen LogP contribution in [0.25, 0.3) is 11.1 Å². The molecule has 37 heavy (non-hydrogen) atoms. The molecule has 1 saturated heterocycles. The van der Waals surface area contributed by atoms with Gasteiger partial charge in [0.05, 0.1) is 26.4 Å². The summed E-state index contributed by atoms with van der Waals surface area (Å²) in [7, 11) is 0. The molecule has 4 nitrogen and oxygen atoms in total. The molecule has 192 valence electrons. The van der Waals surface area contributed by atoms with Crippen LogP contribution < -0.4 is 15.1 Å². The van der Waals surface area contributed by atoms with Gasteiger partial charge in [-0.3, -0.25) is 4.90 Å². The molecule has 3 aromatic carbocycles. The van der Waals surface area contributed by atoms with Gasteiger partial charge in [-0.15, -0.1) is 0 Å². The minimum atomic E-state index is -0.394. The zero-order valence-electron chi connectivity index (χ0n) is 20.2. The number of hydrogen-bond acceptors (Lipinski definition) is 2. The van der Waals surface area contributed by atoms with Crippen molar-refractivity contribution in [3.8, 4) is 11.1 Å². The summed E-state index contributed by atoms with van der Waals surface area (Å²) >= 11 is 19.7. The molecule has 0 spiro atoms. The number of nitrogens with zero attached hydrogens (tertiary/aromatic N) is 2. The van der Waals surface area contributed by atoms with Crippen LogP contribution in [0.3, 0.4) is 0 Å². The Labute approximate surface area is 231 Å². The SMILES string of the molecule is O=C1NCc2c(-c3ccc(F)cc3Cl)cc(N3CCC(CC4CC4)CC3)cc2N1c1c(Cl)cccc1Cl. The van der Waals surface area contributed by atoms with Crippen LogP contribution in [0.5, 0.6) is 0 Å². The molecule has 1 N–H and O–H groups in total. The number of halogens is 4. The highest BCUT2D eigenvalue weighted by Gasteiger charge is 2.33. The average Bonchev–Trinajstić information content (AvgIpc) is 3.69. The van der Waals surface area contributed by atoms with Gasteiger partial charge >= 0.3 is 6.03 Å². The van der Waals surface area contributed by atoms with Crippen molar-refractivity contribution in [2.45, 2.75) is 38.6 Å². The van der Waals surface area contributed by atoms with E-state index < -0.39 is 5.82 Å². The van der Waals surface area contributed by atoms with Gasteiger partial charge in [0.2, 0.25) is 0 Å². The number of carbonyl (C=O) groups excluding carboxylic acids is 1. The predicted octanol–water partition coefficient (Wildman–Crippen LogP) is 8.83. The maximum absolute atomic E-state index is 13.9. The quantitative estimate of drug-likeness (QED) is 0.339. The van der Waals surface area contributed by atoms with E-state index in [-0.39, 0.29) is 6.03 Å². The van der Waals surface area contributed by atoms with Crippen molar-refractivity contribution in [1.29, 1.82) is 0 Å². The normalized spacial score (nSPS) is 18.1. The van der Waals surface area contributed by atoms with E-state index in [4.69, 9.17) is 34.8 Å². The van der Waals surface area contributed by atoms with E-state index >= 15 is 0 Å². The summed E-state index contributed by atoms with van der Waals surface area (Å²) in [4.78, 5) is 17.2. The summed E-state index contributed by atoms with van der Waals surface area (Å²) in [6, 6.07) is 13.5. The number of anilines is 3. The monoisotopic (exact) mass is 557 g/mol. The summed E-state index contributed by atoms with van der Waals surface area (Å²) in [5.74, 6) is 1.31. The lowest BCUT2D eigenvalue weighted by Crippen LogP contribution is -2.42. The molecule has 8 heteroatoms. The molecule has 2 aliphatic heterocycles. The van der Waals surface area contributed by atoms with Crippen LogP contribution in [0, 0.1) is 17.7 Å². The lowest BCUT2D eigenvalue weighted by molar-refractivity contribution is 0.247. The lowest BCUT2D eigenvalue weighted by atomic mass is 9.90. The van der Waals surface area contributed by atoms with Crippen LogP contribution in [-0.2, 0) is 6.54 Å². The van der Waals surface area contributed by atoms with Crippen molar-refractivity contribution < 1.29 is 9.18 Å². The van der Waals surface area contributed by atoms with Crippen LogP contribution in [0.15, 0.2) is 48.5 Å². The summed E-state index contributed by atoms with van der Waals surface area (Å²) < 4.78 is 13.9. The van der Waals surface area contributed by atoms with Crippen LogP contribution in [-0.4, -0.2) is 19.1 Å². The van der Waals surface area contributed by atoms with Gasteiger partial charge in [-0.25, -0.2) is 9.18 Å². The second-order valence-electron chi connectivity index (χ2n) is 10.3. The molecule has 2 fully saturated rings. The van der Waals surface area contributed by atoms with E-state index in [1.165, 1.54) is 31.4 Å². The van der Waals surface area contributed by atoms with Crippen molar-refractivity contribution >= 4 is 57.9 Å². The van der Waals surface area contributed by atoms with Crippen molar-refractivity contribution in [1.82, 2.24) is 5.32 Å². The Kier molecular flexibility index (Phi) is 6.72. The minimum Gasteiger partial charge on any atom is -0.371 e. The molecule has 2 amide bonds. The number of urea groups is 1. The van der Waals surface area contributed by atoms with E-state index in [0.717, 1.165) is 54.6 Å². The number of benzene rings is 3. The Morgan fingerprint density at radius 2 is 1.57 bits per heavy atom. The molecular formula is C29H27Cl3FN3O. The van der Waals surface area contributed by atoms with Crippen molar-refractivity contribution in [3.63, 3.8) is 0 Å². The fourth-order valence-corrected chi connectivity index (χ4v) is 6.52. The summed E-state index contributed by atoms with van der Waals surface area (Å²) in [6.07, 6.45) is 6.42. The molecule has 6 rings (SSSR count). The molecule has 1 saturated carbocycles. The Balaban J connectivity index is 1.47. The Morgan fingerprint density at radius 3 is 2.24 bits per heavy atom. The van der Waals surface area contributed by atoms with E-state index in [1.807, 2.05) is 0 Å². The second-order valence-corrected chi connectivity index (χ2v) is 11.5. The van der Waals surface area contributed by atoms with Gasteiger partial charge in [0.15, 0.2) is 0 Å². The zero-order valence-corrected chi connectivity index (χ0v) is 22.5. The van der Waals surface area contributed by atoms with Gasteiger partial charge in [-0.05, 0) is 79.1 Å². The number of nitrogens with one attached hydrogen (secondary N) is 1. The van der Waals surface area contributed by atoms with Gasteiger partial charge in [0, 0.05) is 36.4 Å². The van der Waals surface area contributed by atoms with Crippen molar-refractivity contribution in [2.24, 2.45) is 11.8 Å². The van der Waals surface area contributed by atoms with Gasteiger partial charge in [0.25, 0.3) is 0 Å². The van der Waals surface area contributed by atoms with Crippen molar-refractivity contribution in [3.05, 3.63) is 75.0 Å². The minimum absolute atomic E-state index is 0.305. The number of para-hydroxylation sites is 1. The molecule has 2 heterocycles. The molecule has 0 bridgehead atoms. The maximum atomic E-state index is 13.9. The first-order chi connectivity index (χ1) is 17.9. The molecule has 3 aromatic rings. The van der Waals surface area contributed by atoms with Gasteiger partial charge in [0.1, 0.15) is 5.82 Å². The van der Waals surface area contributed by atoms with Crippen LogP contribution in [0.2, 0.25) is 15.1 Å². The number of carbonyl (C=O) groups is 1. The maximum Gasteiger partial charge on any atom is 0.326 e. The first-order valence-electron chi connectivity index (χ1n) is 12.8. The third-order valence-corrected chi connectivity index (χ3v) is 8.72. The first kappa shape index (κ1) is 24.8. The number of rotatable bonds is 5. The predicted molar refractivity (Wildman–Crippen MR) is 150 cm³/mol. The number of hydrogen-bond donors (Lipinski definition) is 1. The standard InChI is InChI=1S/C29H27Cl3FN3O/c30-24-2-1-3-25(31)28(24)36-27-15-20(35-10-8-18(9-11-35)12-17-4-5-17)14-22(23(27)16-34-29(36)37)21-7-6-19(33)13-26(21)32/h1-3,6-7,13-15,17-18H,4-5,8-12,16H2,(H,34,37). The average molecular weight is 559 g/mol. The topological polar surface area (TPSA) is 35.6 Å². The van der Waals surface area contributed by atoms with Gasteiger partial charge in [-0.2, -0.15) is 0 Å². The molecule has 0 aromatic heterocycles. The number of piperidine rings is 1. The highest BCUT2D eigenvalue weighted by molar-refractivity contribution is 6.40. The van der Waals surface area contributed by atoms with Gasteiger partial charge < -0.3 is 10.2 Å². The second kappa shape index (κ2) is 10.0. The van der Waals surface area contributed by atoms with Gasteiger partial charge in [-0.1, -0.05) is 53.7 Å². The molecular weight excluding hydrogens is 532 g/mol. The summed E-state index contributed by atoms with van der Waals surface area (Å²) in [5.41, 5.74) is 4.57. The van der Waals surface area contributed by atoms with E-state index in [1.54, 1.807) is 29.2 Å². The van der Waals surface area contributed by atoms with Crippen LogP contribution >= 0.6 is 34.8 Å². The fraction of sp³-hybridized carbons (Fsp3) is 0.345. The number of amides is 2. The zero-order chi connectivity index (χ0) is 25.7. The third-order valence-electron chi connectivity index (χ3n) is 7.80. The largest absolute Gasteiger partial charge is 0.371 e. The summed E-state index contributed by atoms with van der Waals surface area (Å²) in [5, 5.41) is 4.03. The van der Waals surface area contributed by atoms with E-state index in [9.17, 15) is 9.18 Å². The molecule has 1 aliphatic carbocycles. The van der Waals surface area contributed by atoms with Crippen LogP contribution in [0.1, 0.15) is 37.7 Å². The van der Waals surface area contributed by atoms with Crippen LogP contribution in [0.4, 0.5) is 26.2 Å². The highest BCUT2D eigenvalue weighted by atomic mass is 35.5. The molecule has 3 aliphatic rings. The fourth-order valence-electron chi connectivity index (χ4n) is 5.69. The van der Waals surface area contributed by atoms with E-state index in [0.29, 0.717) is 38.6 Å². The Morgan fingerprint density at radius 1 is 0.865 bits per heavy atom. The Hall–Kier alpha value is -2.47. The molecule has 0 radical (unpaired) electrons. The van der Waals surface area contributed by atoms with Crippen molar-refractivity contribution in [2.75, 3.05) is 22.9 Å². The van der Waals surface area contributed by atoms with E-state index in [2.05, 4.69) is 22.3 Å². The number of fused-ring (bicyclic) bond motifs is 1. The smallest absolute Gasteiger partial charge is 0.326 e. The molecule has 0 atom stereocenters. The molecule has 0 unspecified atom stereocenters. The highest BCUT2D eigenvalue weighted by Crippen LogP contribution is 2.47.